The third-order valence-corrected chi connectivity index (χ3v) is 6.06. The molecule has 1 heterocycles. The Labute approximate surface area is 169 Å². The van der Waals surface area contributed by atoms with E-state index in [4.69, 9.17) is 0 Å². The molecule has 0 radical (unpaired) electrons. The lowest BCUT2D eigenvalue weighted by molar-refractivity contribution is -0.122. The number of carbonyl (C=O) groups excluding carboxylic acids is 3. The summed E-state index contributed by atoms with van der Waals surface area (Å²) >= 11 is 0. The van der Waals surface area contributed by atoms with E-state index in [9.17, 15) is 22.8 Å². The van der Waals surface area contributed by atoms with Gasteiger partial charge >= 0.3 is 0 Å². The number of benzene rings is 2. The van der Waals surface area contributed by atoms with E-state index in [-0.39, 0.29) is 29.7 Å². The number of rotatable bonds is 5. The molecule has 1 fully saturated rings. The molecule has 0 aromatic heterocycles. The third kappa shape index (κ3) is 4.62. The minimum absolute atomic E-state index is 0.0903. The van der Waals surface area contributed by atoms with Crippen LogP contribution in [0.15, 0.2) is 53.4 Å². The number of nitrogens with zero attached hydrogens (tertiary/aromatic N) is 1. The molecule has 2 aromatic carbocycles. The maximum Gasteiger partial charge on any atom is 0.264 e. The van der Waals surface area contributed by atoms with Gasteiger partial charge in [0.15, 0.2) is 0 Å². The molecule has 0 aliphatic carbocycles. The van der Waals surface area contributed by atoms with E-state index >= 15 is 0 Å². The summed E-state index contributed by atoms with van der Waals surface area (Å²) in [5.74, 6) is -1.63. The maximum absolute atomic E-state index is 12.6. The molecule has 0 spiro atoms. The van der Waals surface area contributed by atoms with Crippen LogP contribution in [0.1, 0.15) is 18.9 Å². The highest BCUT2D eigenvalue weighted by molar-refractivity contribution is 7.90. The van der Waals surface area contributed by atoms with Gasteiger partial charge in [-0.25, -0.2) is 13.1 Å². The van der Waals surface area contributed by atoms with Gasteiger partial charge in [-0.2, -0.15) is 0 Å². The van der Waals surface area contributed by atoms with Crippen LogP contribution in [0.3, 0.4) is 0 Å². The number of hydrogen-bond donors (Lipinski definition) is 2. The second-order valence-electron chi connectivity index (χ2n) is 6.87. The molecule has 2 N–H and O–H groups in total. The molecule has 1 atom stereocenters. The minimum atomic E-state index is -3.93. The standard InChI is InChI=1S/C20H21N3O5S/c1-13-5-3-4-6-18(13)23-12-15(11-19(23)25)20(26)21-16-7-9-17(10-8-16)29(27,28)22-14(2)24/h3-10,15H,11-12H2,1-2H3,(H,21,26)(H,22,24)/t15-/m0/s1. The highest BCUT2D eigenvalue weighted by Crippen LogP contribution is 2.28. The van der Waals surface area contributed by atoms with Gasteiger partial charge in [0, 0.05) is 31.3 Å². The first-order valence-electron chi connectivity index (χ1n) is 8.97. The van der Waals surface area contributed by atoms with Gasteiger partial charge < -0.3 is 10.2 Å². The predicted molar refractivity (Wildman–Crippen MR) is 108 cm³/mol. The van der Waals surface area contributed by atoms with E-state index in [1.807, 2.05) is 35.9 Å². The van der Waals surface area contributed by atoms with Gasteiger partial charge in [0.1, 0.15) is 0 Å². The van der Waals surface area contributed by atoms with Gasteiger partial charge in [-0.05, 0) is 42.8 Å². The normalized spacial score (nSPS) is 16.6. The summed E-state index contributed by atoms with van der Waals surface area (Å²) in [6.45, 7) is 3.30. The number of carbonyl (C=O) groups is 3. The summed E-state index contributed by atoms with van der Waals surface area (Å²) in [6, 6.07) is 12.9. The van der Waals surface area contributed by atoms with E-state index in [2.05, 4.69) is 5.32 Å². The van der Waals surface area contributed by atoms with E-state index < -0.39 is 21.8 Å². The monoisotopic (exact) mass is 415 g/mol. The molecular weight excluding hydrogens is 394 g/mol. The van der Waals surface area contributed by atoms with Crippen molar-refractivity contribution < 1.29 is 22.8 Å². The zero-order valence-corrected chi connectivity index (χ0v) is 16.8. The molecule has 3 amide bonds. The Morgan fingerprint density at radius 1 is 1.07 bits per heavy atom. The molecule has 0 bridgehead atoms. The molecule has 0 saturated carbocycles. The third-order valence-electron chi connectivity index (χ3n) is 4.61. The topological polar surface area (TPSA) is 113 Å². The molecule has 1 aliphatic heterocycles. The molecule has 2 aromatic rings. The van der Waals surface area contributed by atoms with Crippen molar-refractivity contribution in [3.05, 3.63) is 54.1 Å². The minimum Gasteiger partial charge on any atom is -0.326 e. The Morgan fingerprint density at radius 2 is 1.72 bits per heavy atom. The number of amides is 3. The Hall–Kier alpha value is -3.20. The van der Waals surface area contributed by atoms with Gasteiger partial charge in [0.25, 0.3) is 10.0 Å². The van der Waals surface area contributed by atoms with Crippen LogP contribution < -0.4 is 14.9 Å². The lowest BCUT2D eigenvalue weighted by atomic mass is 10.1. The quantitative estimate of drug-likeness (QED) is 0.773. The molecule has 1 saturated heterocycles. The molecule has 3 rings (SSSR count). The largest absolute Gasteiger partial charge is 0.326 e. The van der Waals surface area contributed by atoms with Gasteiger partial charge in [0.05, 0.1) is 10.8 Å². The van der Waals surface area contributed by atoms with Gasteiger partial charge in [-0.1, -0.05) is 18.2 Å². The molecular formula is C20H21N3O5S. The molecule has 0 unspecified atom stereocenters. The first-order valence-corrected chi connectivity index (χ1v) is 10.5. The van der Waals surface area contributed by atoms with Crippen molar-refractivity contribution in [3.63, 3.8) is 0 Å². The predicted octanol–water partition coefficient (Wildman–Crippen LogP) is 1.81. The zero-order valence-electron chi connectivity index (χ0n) is 16.0. The van der Waals surface area contributed by atoms with Crippen molar-refractivity contribution in [2.75, 3.05) is 16.8 Å². The summed E-state index contributed by atoms with van der Waals surface area (Å²) in [7, 11) is -3.93. The number of para-hydroxylation sites is 1. The summed E-state index contributed by atoms with van der Waals surface area (Å²) in [4.78, 5) is 37.5. The summed E-state index contributed by atoms with van der Waals surface area (Å²) in [5, 5.41) is 2.71. The highest BCUT2D eigenvalue weighted by atomic mass is 32.2. The number of anilines is 2. The smallest absolute Gasteiger partial charge is 0.264 e. The lowest BCUT2D eigenvalue weighted by Gasteiger charge is -2.19. The second kappa shape index (κ2) is 8.04. The van der Waals surface area contributed by atoms with Crippen LogP contribution >= 0.6 is 0 Å². The summed E-state index contributed by atoms with van der Waals surface area (Å²) < 4.78 is 25.8. The maximum atomic E-state index is 12.6. The van der Waals surface area contributed by atoms with E-state index in [1.165, 1.54) is 24.3 Å². The fourth-order valence-corrected chi connectivity index (χ4v) is 4.18. The van der Waals surface area contributed by atoms with Crippen LogP contribution in [0.2, 0.25) is 0 Å². The summed E-state index contributed by atoms with van der Waals surface area (Å²) in [6.07, 6.45) is 0.106. The van der Waals surface area contributed by atoms with Crippen LogP contribution in [-0.4, -0.2) is 32.7 Å². The van der Waals surface area contributed by atoms with Crippen molar-refractivity contribution in [2.45, 2.75) is 25.2 Å². The Morgan fingerprint density at radius 3 is 2.34 bits per heavy atom. The molecule has 152 valence electrons. The Balaban J connectivity index is 1.67. The number of hydrogen-bond acceptors (Lipinski definition) is 5. The van der Waals surface area contributed by atoms with E-state index in [0.29, 0.717) is 5.69 Å². The van der Waals surface area contributed by atoms with Crippen LogP contribution in [0.5, 0.6) is 0 Å². The lowest BCUT2D eigenvalue weighted by Crippen LogP contribution is -2.29. The first kappa shape index (κ1) is 20.5. The van der Waals surface area contributed by atoms with Gasteiger partial charge in [-0.15, -0.1) is 0 Å². The van der Waals surface area contributed by atoms with E-state index in [0.717, 1.165) is 18.2 Å². The molecule has 9 heteroatoms. The average molecular weight is 415 g/mol. The van der Waals surface area contributed by atoms with Gasteiger partial charge in [0.2, 0.25) is 17.7 Å². The van der Waals surface area contributed by atoms with Crippen molar-refractivity contribution in [1.29, 1.82) is 0 Å². The van der Waals surface area contributed by atoms with Crippen molar-refractivity contribution in [3.8, 4) is 0 Å². The average Bonchev–Trinajstić information content (AvgIpc) is 3.03. The van der Waals surface area contributed by atoms with Crippen LogP contribution in [0.25, 0.3) is 0 Å². The Bertz CT molecular complexity index is 1060. The summed E-state index contributed by atoms with van der Waals surface area (Å²) in [5.41, 5.74) is 2.15. The molecule has 8 nitrogen and oxygen atoms in total. The molecule has 1 aliphatic rings. The Kier molecular flexibility index (Phi) is 5.69. The van der Waals surface area contributed by atoms with Crippen molar-refractivity contribution in [2.24, 2.45) is 5.92 Å². The zero-order chi connectivity index (χ0) is 21.2. The fourth-order valence-electron chi connectivity index (χ4n) is 3.19. The van der Waals surface area contributed by atoms with E-state index in [1.54, 1.807) is 4.90 Å². The number of aryl methyl sites for hydroxylation is 1. The van der Waals surface area contributed by atoms with Crippen molar-refractivity contribution >= 4 is 39.1 Å². The van der Waals surface area contributed by atoms with Crippen molar-refractivity contribution in [1.82, 2.24) is 4.72 Å². The SMILES string of the molecule is CC(=O)NS(=O)(=O)c1ccc(NC(=O)[C@H]2CC(=O)N(c3ccccc3C)C2)cc1. The van der Waals surface area contributed by atoms with Crippen LogP contribution in [-0.2, 0) is 24.4 Å². The fraction of sp³-hybridized carbons (Fsp3) is 0.250. The van der Waals surface area contributed by atoms with Gasteiger partial charge in [-0.3, -0.25) is 14.4 Å². The first-order chi connectivity index (χ1) is 13.7. The van der Waals surface area contributed by atoms with Crippen LogP contribution in [0, 0.1) is 12.8 Å². The van der Waals surface area contributed by atoms with Crippen LogP contribution in [0.4, 0.5) is 11.4 Å². The second-order valence-corrected chi connectivity index (χ2v) is 8.55. The molecule has 29 heavy (non-hydrogen) atoms. The number of nitrogens with one attached hydrogen (secondary N) is 2. The number of sulfonamides is 1. The highest BCUT2D eigenvalue weighted by Gasteiger charge is 2.35.